The van der Waals surface area contributed by atoms with Crippen LogP contribution in [0.3, 0.4) is 0 Å². The molecule has 0 atom stereocenters. The molecule has 2 aromatic carbocycles. The van der Waals surface area contributed by atoms with Gasteiger partial charge in [0.05, 0.1) is 37.1 Å². The quantitative estimate of drug-likeness (QED) is 0.510. The molecule has 0 saturated heterocycles. The van der Waals surface area contributed by atoms with Crippen molar-refractivity contribution in [1.29, 1.82) is 0 Å². The van der Waals surface area contributed by atoms with Gasteiger partial charge in [0.15, 0.2) is 9.84 Å². The van der Waals surface area contributed by atoms with Gasteiger partial charge >= 0.3 is 5.97 Å². The van der Waals surface area contributed by atoms with Gasteiger partial charge in [-0.3, -0.25) is 0 Å². The Bertz CT molecular complexity index is 865. The predicted octanol–water partition coefficient (Wildman–Crippen LogP) is 1.98. The van der Waals surface area contributed by atoms with E-state index in [-0.39, 0.29) is 55.0 Å². The van der Waals surface area contributed by atoms with Gasteiger partial charge < -0.3 is 24.4 Å². The Hall–Kier alpha value is -2.62. The molecule has 0 aliphatic rings. The molecular formula is C19H22O8S. The van der Waals surface area contributed by atoms with Gasteiger partial charge in [-0.05, 0) is 30.3 Å². The summed E-state index contributed by atoms with van der Waals surface area (Å²) in [6, 6.07) is 12.1. The molecule has 0 heterocycles. The lowest BCUT2D eigenvalue weighted by Crippen LogP contribution is -2.15. The standard InChI is InChI=1S/C19H22O8S/c20-18-7-6-15(14-17(18)19(21)22)27-11-10-25-8-9-26-12-13-28(23,24)16-4-2-1-3-5-16/h1-7,14,20H,8-13H2,(H,21,22). The highest BCUT2D eigenvalue weighted by molar-refractivity contribution is 7.91. The maximum atomic E-state index is 12.0. The van der Waals surface area contributed by atoms with E-state index in [1.165, 1.54) is 18.2 Å². The first-order valence-corrected chi connectivity index (χ1v) is 10.2. The molecule has 0 aliphatic heterocycles. The number of benzene rings is 2. The zero-order valence-electron chi connectivity index (χ0n) is 15.1. The van der Waals surface area contributed by atoms with E-state index >= 15 is 0 Å². The monoisotopic (exact) mass is 410 g/mol. The van der Waals surface area contributed by atoms with Crippen LogP contribution in [0.25, 0.3) is 0 Å². The highest BCUT2D eigenvalue weighted by Crippen LogP contribution is 2.22. The van der Waals surface area contributed by atoms with Crippen LogP contribution in [0.2, 0.25) is 0 Å². The summed E-state index contributed by atoms with van der Waals surface area (Å²) in [5, 5.41) is 18.3. The number of hydrogen-bond donors (Lipinski definition) is 2. The smallest absolute Gasteiger partial charge is 0.339 e. The molecule has 9 heteroatoms. The largest absolute Gasteiger partial charge is 0.507 e. The summed E-state index contributed by atoms with van der Waals surface area (Å²) in [6.07, 6.45) is 0. The second kappa shape index (κ2) is 10.6. The Kier molecular flexibility index (Phi) is 8.24. The van der Waals surface area contributed by atoms with Crippen LogP contribution in [0.4, 0.5) is 0 Å². The molecule has 8 nitrogen and oxygen atoms in total. The molecule has 0 radical (unpaired) electrons. The summed E-state index contributed by atoms with van der Waals surface area (Å²) in [6.45, 7) is 1.01. The first-order valence-electron chi connectivity index (χ1n) is 8.52. The van der Waals surface area contributed by atoms with Gasteiger partial charge in [0.25, 0.3) is 0 Å². The van der Waals surface area contributed by atoms with Crippen molar-refractivity contribution in [2.75, 3.05) is 38.8 Å². The number of rotatable bonds is 12. The summed E-state index contributed by atoms with van der Waals surface area (Å²) in [4.78, 5) is 11.2. The van der Waals surface area contributed by atoms with Crippen molar-refractivity contribution in [3.63, 3.8) is 0 Å². The van der Waals surface area contributed by atoms with Gasteiger partial charge in [0.1, 0.15) is 23.7 Å². The lowest BCUT2D eigenvalue weighted by molar-refractivity contribution is 0.0409. The Morgan fingerprint density at radius 3 is 2.21 bits per heavy atom. The van der Waals surface area contributed by atoms with Crippen LogP contribution in [-0.4, -0.2) is 63.4 Å². The minimum atomic E-state index is -3.35. The highest BCUT2D eigenvalue weighted by atomic mass is 32.2. The van der Waals surface area contributed by atoms with Crippen LogP contribution >= 0.6 is 0 Å². The number of ether oxygens (including phenoxy) is 3. The molecule has 0 fully saturated rings. The van der Waals surface area contributed by atoms with E-state index in [0.717, 1.165) is 0 Å². The molecule has 0 saturated carbocycles. The summed E-state index contributed by atoms with van der Waals surface area (Å²) in [5.41, 5.74) is -0.239. The number of sulfone groups is 1. The Balaban J connectivity index is 1.57. The van der Waals surface area contributed by atoms with E-state index in [1.54, 1.807) is 30.3 Å². The van der Waals surface area contributed by atoms with Crippen LogP contribution in [-0.2, 0) is 19.3 Å². The first kappa shape index (κ1) is 21.7. The second-order valence-corrected chi connectivity index (χ2v) is 7.80. The van der Waals surface area contributed by atoms with Crippen LogP contribution < -0.4 is 4.74 Å². The van der Waals surface area contributed by atoms with Crippen molar-refractivity contribution in [3.8, 4) is 11.5 Å². The average molecular weight is 410 g/mol. The SMILES string of the molecule is O=C(O)c1cc(OCCOCCOCCS(=O)(=O)c2ccccc2)ccc1O. The number of carboxylic acid groups (broad SMARTS) is 1. The van der Waals surface area contributed by atoms with Gasteiger partial charge in [-0.1, -0.05) is 18.2 Å². The molecule has 0 bridgehead atoms. The van der Waals surface area contributed by atoms with Crippen LogP contribution in [0, 0.1) is 0 Å². The number of hydrogen-bond acceptors (Lipinski definition) is 7. The minimum Gasteiger partial charge on any atom is -0.507 e. The number of carboxylic acids is 1. The van der Waals surface area contributed by atoms with Crippen molar-refractivity contribution in [1.82, 2.24) is 0 Å². The van der Waals surface area contributed by atoms with Gasteiger partial charge in [0.2, 0.25) is 0 Å². The van der Waals surface area contributed by atoms with Crippen molar-refractivity contribution >= 4 is 15.8 Å². The molecule has 28 heavy (non-hydrogen) atoms. The molecule has 2 aromatic rings. The molecule has 0 amide bonds. The van der Waals surface area contributed by atoms with E-state index in [0.29, 0.717) is 5.75 Å². The van der Waals surface area contributed by atoms with Crippen molar-refractivity contribution < 1.29 is 37.6 Å². The maximum absolute atomic E-state index is 12.0. The summed E-state index contributed by atoms with van der Waals surface area (Å²) in [5.74, 6) is -1.37. The minimum absolute atomic E-state index is 0.0720. The van der Waals surface area contributed by atoms with Crippen molar-refractivity contribution in [2.24, 2.45) is 0 Å². The van der Waals surface area contributed by atoms with Crippen LogP contribution in [0.5, 0.6) is 11.5 Å². The van der Waals surface area contributed by atoms with Gasteiger partial charge in [-0.25, -0.2) is 13.2 Å². The fraction of sp³-hybridized carbons (Fsp3) is 0.316. The zero-order valence-corrected chi connectivity index (χ0v) is 15.9. The molecular weight excluding hydrogens is 388 g/mol. The number of aromatic carboxylic acids is 1. The average Bonchev–Trinajstić information content (AvgIpc) is 2.68. The molecule has 0 unspecified atom stereocenters. The normalized spacial score (nSPS) is 11.3. The number of carbonyl (C=O) groups is 1. The molecule has 0 aromatic heterocycles. The lowest BCUT2D eigenvalue weighted by Gasteiger charge is -2.09. The third-order valence-electron chi connectivity index (χ3n) is 3.67. The highest BCUT2D eigenvalue weighted by Gasteiger charge is 2.13. The van der Waals surface area contributed by atoms with Crippen molar-refractivity contribution in [3.05, 3.63) is 54.1 Å². The van der Waals surface area contributed by atoms with E-state index < -0.39 is 15.8 Å². The third-order valence-corrected chi connectivity index (χ3v) is 5.36. The lowest BCUT2D eigenvalue weighted by atomic mass is 10.2. The molecule has 2 rings (SSSR count). The number of phenols is 1. The zero-order chi connectivity index (χ0) is 20.4. The Morgan fingerprint density at radius 1 is 0.893 bits per heavy atom. The summed E-state index contributed by atoms with van der Waals surface area (Å²) in [7, 11) is -3.35. The van der Waals surface area contributed by atoms with Crippen molar-refractivity contribution in [2.45, 2.75) is 4.90 Å². The van der Waals surface area contributed by atoms with E-state index in [1.807, 2.05) is 0 Å². The molecule has 152 valence electrons. The molecule has 2 N–H and O–H groups in total. The maximum Gasteiger partial charge on any atom is 0.339 e. The van der Waals surface area contributed by atoms with Crippen LogP contribution in [0.15, 0.2) is 53.4 Å². The second-order valence-electron chi connectivity index (χ2n) is 5.69. The Morgan fingerprint density at radius 2 is 1.54 bits per heavy atom. The van der Waals surface area contributed by atoms with E-state index in [9.17, 15) is 18.3 Å². The van der Waals surface area contributed by atoms with Gasteiger partial charge in [0, 0.05) is 0 Å². The fourth-order valence-corrected chi connectivity index (χ4v) is 3.38. The van der Waals surface area contributed by atoms with E-state index in [4.69, 9.17) is 19.3 Å². The number of aromatic hydroxyl groups is 1. The molecule has 0 aliphatic carbocycles. The van der Waals surface area contributed by atoms with Crippen LogP contribution in [0.1, 0.15) is 10.4 Å². The first-order chi connectivity index (χ1) is 13.4. The van der Waals surface area contributed by atoms with Gasteiger partial charge in [-0.15, -0.1) is 0 Å². The fourth-order valence-electron chi connectivity index (χ4n) is 2.23. The summed E-state index contributed by atoms with van der Waals surface area (Å²) < 4.78 is 40.0. The van der Waals surface area contributed by atoms with Gasteiger partial charge in [-0.2, -0.15) is 0 Å². The summed E-state index contributed by atoms with van der Waals surface area (Å²) >= 11 is 0. The van der Waals surface area contributed by atoms with E-state index in [2.05, 4.69) is 0 Å². The molecule has 0 spiro atoms. The predicted molar refractivity (Wildman–Crippen MR) is 101 cm³/mol. The third kappa shape index (κ3) is 6.84. The Labute approximate surface area is 163 Å². The topological polar surface area (TPSA) is 119 Å².